The summed E-state index contributed by atoms with van der Waals surface area (Å²) in [6.07, 6.45) is -1.53. The molecule has 6 nitrogen and oxygen atoms in total. The lowest BCUT2D eigenvalue weighted by molar-refractivity contribution is -0.155. The van der Waals surface area contributed by atoms with Crippen LogP contribution in [0.4, 0.5) is 0 Å². The first-order valence-corrected chi connectivity index (χ1v) is 11.5. The van der Waals surface area contributed by atoms with Crippen LogP contribution in [-0.4, -0.2) is 50.8 Å². The van der Waals surface area contributed by atoms with E-state index < -0.39 is 44.5 Å². The third-order valence-electron chi connectivity index (χ3n) is 5.27. The van der Waals surface area contributed by atoms with Crippen molar-refractivity contribution < 1.29 is 28.6 Å². The first-order valence-electron chi connectivity index (χ1n) is 8.59. The van der Waals surface area contributed by atoms with Crippen LogP contribution in [0.2, 0.25) is 18.1 Å². The zero-order valence-corrected chi connectivity index (χ0v) is 17.4. The van der Waals surface area contributed by atoms with Crippen molar-refractivity contribution in [3.63, 3.8) is 0 Å². The highest BCUT2D eigenvalue weighted by atomic mass is 28.4. The highest BCUT2D eigenvalue weighted by Crippen LogP contribution is 2.41. The van der Waals surface area contributed by atoms with Gasteiger partial charge >= 0.3 is 11.9 Å². The van der Waals surface area contributed by atoms with Crippen LogP contribution in [0.5, 0.6) is 0 Å². The average Bonchev–Trinajstić information content (AvgIpc) is 2.46. The second-order valence-corrected chi connectivity index (χ2v) is 13.0. The quantitative estimate of drug-likeness (QED) is 0.454. The highest BCUT2D eigenvalue weighted by molar-refractivity contribution is 6.74. The topological polar surface area (TPSA) is 82.1 Å². The van der Waals surface area contributed by atoms with E-state index in [4.69, 9.17) is 13.9 Å². The van der Waals surface area contributed by atoms with Crippen LogP contribution >= 0.6 is 0 Å². The first kappa shape index (κ1) is 21.9. The molecule has 1 saturated carbocycles. The largest absolute Gasteiger partial charge is 0.467 e. The fourth-order valence-electron chi connectivity index (χ4n) is 2.73. The molecule has 1 N–H and O–H groups in total. The Morgan fingerprint density at radius 3 is 2.28 bits per heavy atom. The first-order chi connectivity index (χ1) is 11.3. The maximum Gasteiger partial charge on any atom is 0.334 e. The molecule has 0 aliphatic heterocycles. The van der Waals surface area contributed by atoms with Crippen LogP contribution in [0.25, 0.3) is 0 Å². The Morgan fingerprint density at radius 1 is 1.28 bits per heavy atom. The van der Waals surface area contributed by atoms with Crippen LogP contribution in [0.3, 0.4) is 0 Å². The van der Waals surface area contributed by atoms with Crippen molar-refractivity contribution in [2.45, 2.75) is 77.0 Å². The molecule has 0 unspecified atom stereocenters. The molecular weight excluding hydrogens is 340 g/mol. The maximum atomic E-state index is 12.4. The minimum absolute atomic E-state index is 0.0941. The van der Waals surface area contributed by atoms with E-state index in [0.29, 0.717) is 12.0 Å². The van der Waals surface area contributed by atoms with Gasteiger partial charge in [-0.1, -0.05) is 27.4 Å². The van der Waals surface area contributed by atoms with E-state index in [2.05, 4.69) is 40.4 Å². The van der Waals surface area contributed by atoms with Crippen molar-refractivity contribution >= 4 is 20.3 Å². The Kier molecular flexibility index (Phi) is 7.01. The number of aliphatic hydroxyl groups excluding tert-OH is 1. The van der Waals surface area contributed by atoms with Gasteiger partial charge in [0.1, 0.15) is 12.2 Å². The van der Waals surface area contributed by atoms with Gasteiger partial charge in [0.15, 0.2) is 8.32 Å². The van der Waals surface area contributed by atoms with Crippen molar-refractivity contribution in [2.75, 3.05) is 7.11 Å². The lowest BCUT2D eigenvalue weighted by atomic mass is 9.78. The Bertz CT molecular complexity index is 522. The normalized spacial score (nSPS) is 26.1. The number of esters is 2. The lowest BCUT2D eigenvalue weighted by Crippen LogP contribution is -2.51. The molecule has 4 atom stereocenters. The van der Waals surface area contributed by atoms with E-state index in [9.17, 15) is 14.7 Å². The lowest BCUT2D eigenvalue weighted by Gasteiger charge is -2.43. The standard InChI is InChI=1S/C18H32O6Si/c1-11-14(9-13(10-15(11)20)23-12(2)19)16(17(21)22-6)24-25(7,8)18(3,4)5/h13-16,20H,1,9-10H2,2-8H3/t13-,14-,15+,16-/m1/s1. The van der Waals surface area contributed by atoms with Crippen LogP contribution < -0.4 is 0 Å². The number of rotatable bonds is 5. The van der Waals surface area contributed by atoms with Crippen LogP contribution in [-0.2, 0) is 23.5 Å². The molecule has 0 amide bonds. The SMILES string of the molecule is C=C1[C@H]([C@@H](O[Si](C)(C)C(C)(C)C)C(=O)OC)C[C@@H](OC(C)=O)C[C@@H]1O. The molecular formula is C18H32O6Si. The molecule has 0 bridgehead atoms. The summed E-state index contributed by atoms with van der Waals surface area (Å²) < 4.78 is 16.5. The number of aliphatic hydroxyl groups is 1. The molecule has 1 aliphatic rings. The van der Waals surface area contributed by atoms with Gasteiger partial charge in [0.25, 0.3) is 0 Å². The Labute approximate surface area is 151 Å². The molecule has 0 spiro atoms. The van der Waals surface area contributed by atoms with E-state index in [1.165, 1.54) is 14.0 Å². The monoisotopic (exact) mass is 372 g/mol. The van der Waals surface area contributed by atoms with Crippen molar-refractivity contribution in [3.05, 3.63) is 12.2 Å². The van der Waals surface area contributed by atoms with Gasteiger partial charge in [-0.15, -0.1) is 0 Å². The van der Waals surface area contributed by atoms with Gasteiger partial charge in [0.05, 0.1) is 13.2 Å². The summed E-state index contributed by atoms with van der Waals surface area (Å²) in [6, 6.07) is 0. The Hall–Kier alpha value is -1.18. The summed E-state index contributed by atoms with van der Waals surface area (Å²) in [7, 11) is -0.953. The van der Waals surface area contributed by atoms with Crippen molar-refractivity contribution in [3.8, 4) is 0 Å². The van der Waals surface area contributed by atoms with Crippen molar-refractivity contribution in [1.29, 1.82) is 0 Å². The highest BCUT2D eigenvalue weighted by Gasteiger charge is 2.46. The molecule has 1 aliphatic carbocycles. The number of hydrogen-bond acceptors (Lipinski definition) is 6. The Morgan fingerprint density at radius 2 is 1.84 bits per heavy atom. The van der Waals surface area contributed by atoms with Gasteiger partial charge in [0.2, 0.25) is 0 Å². The molecule has 0 radical (unpaired) electrons. The molecule has 0 aromatic rings. The average molecular weight is 373 g/mol. The second kappa shape index (κ2) is 8.01. The molecule has 1 rings (SSSR count). The van der Waals surface area contributed by atoms with Crippen molar-refractivity contribution in [1.82, 2.24) is 0 Å². The summed E-state index contributed by atoms with van der Waals surface area (Å²) in [5.41, 5.74) is 0.525. The van der Waals surface area contributed by atoms with Crippen LogP contribution in [0.15, 0.2) is 12.2 Å². The number of methoxy groups -OCH3 is 1. The summed E-state index contributed by atoms with van der Waals surface area (Å²) in [5.74, 6) is -1.37. The summed E-state index contributed by atoms with van der Waals surface area (Å²) in [6.45, 7) is 15.6. The van der Waals surface area contributed by atoms with Gasteiger partial charge in [-0.2, -0.15) is 0 Å². The van der Waals surface area contributed by atoms with Gasteiger partial charge < -0.3 is 19.0 Å². The third-order valence-corrected chi connectivity index (χ3v) is 9.72. The van der Waals surface area contributed by atoms with E-state index >= 15 is 0 Å². The van der Waals surface area contributed by atoms with E-state index in [0.717, 1.165) is 0 Å². The van der Waals surface area contributed by atoms with Crippen LogP contribution in [0.1, 0.15) is 40.5 Å². The zero-order valence-electron chi connectivity index (χ0n) is 16.4. The number of carbonyl (C=O) groups is 2. The van der Waals surface area contributed by atoms with Crippen LogP contribution in [0, 0.1) is 5.92 Å². The summed E-state index contributed by atoms with van der Waals surface area (Å²) in [5, 5.41) is 10.2. The molecule has 144 valence electrons. The molecule has 7 heteroatoms. The maximum absolute atomic E-state index is 12.4. The summed E-state index contributed by atoms with van der Waals surface area (Å²) >= 11 is 0. The van der Waals surface area contributed by atoms with Gasteiger partial charge in [-0.25, -0.2) is 4.79 Å². The third kappa shape index (κ3) is 5.39. The fourth-order valence-corrected chi connectivity index (χ4v) is 3.98. The summed E-state index contributed by atoms with van der Waals surface area (Å²) in [4.78, 5) is 23.7. The Balaban J connectivity index is 3.13. The van der Waals surface area contributed by atoms with E-state index in [1.807, 2.05) is 0 Å². The zero-order chi connectivity index (χ0) is 19.6. The predicted molar refractivity (Wildman–Crippen MR) is 97.5 cm³/mol. The molecule has 0 aromatic heterocycles. The number of carbonyl (C=O) groups excluding carboxylic acids is 2. The molecule has 0 heterocycles. The molecule has 0 saturated heterocycles. The number of ether oxygens (including phenoxy) is 2. The van der Waals surface area contributed by atoms with E-state index in [-0.39, 0.29) is 11.5 Å². The minimum Gasteiger partial charge on any atom is -0.467 e. The fraction of sp³-hybridized carbons (Fsp3) is 0.778. The van der Waals surface area contributed by atoms with Gasteiger partial charge in [-0.3, -0.25) is 4.79 Å². The second-order valence-electron chi connectivity index (χ2n) is 8.22. The molecule has 25 heavy (non-hydrogen) atoms. The van der Waals surface area contributed by atoms with Gasteiger partial charge in [0, 0.05) is 19.3 Å². The smallest absolute Gasteiger partial charge is 0.334 e. The van der Waals surface area contributed by atoms with Crippen molar-refractivity contribution in [2.24, 2.45) is 5.92 Å². The minimum atomic E-state index is -2.27. The van der Waals surface area contributed by atoms with Gasteiger partial charge in [-0.05, 0) is 30.1 Å². The number of hydrogen-bond donors (Lipinski definition) is 1. The predicted octanol–water partition coefficient (Wildman–Crippen LogP) is 2.81. The molecule has 0 aromatic carbocycles. The molecule has 1 fully saturated rings. The van der Waals surface area contributed by atoms with E-state index in [1.54, 1.807) is 0 Å².